The van der Waals surface area contributed by atoms with Crippen LogP contribution in [0.1, 0.15) is 38.2 Å². The van der Waals surface area contributed by atoms with Crippen LogP contribution in [-0.4, -0.2) is 56.5 Å². The maximum absolute atomic E-state index is 12.9. The number of rotatable bonds is 8. The van der Waals surface area contributed by atoms with Crippen molar-refractivity contribution in [2.45, 2.75) is 37.5 Å². The molecule has 0 aromatic heterocycles. The SMILES string of the molecule is CCCN1C(=O)C(=NOCC(=O)Nc2cccc(S(=O)(=O)N3CCCCC3)c2)c2ccccc21. The smallest absolute Gasteiger partial charge is 0.281 e. The topological polar surface area (TPSA) is 108 Å². The average Bonchev–Trinajstić information content (AvgIpc) is 3.11. The molecule has 2 aliphatic rings. The predicted molar refractivity (Wildman–Crippen MR) is 129 cm³/mol. The van der Waals surface area contributed by atoms with Gasteiger partial charge in [0.1, 0.15) is 0 Å². The Kier molecular flexibility index (Phi) is 7.28. The number of fused-ring (bicyclic) bond motifs is 1. The number of carbonyl (C=O) groups is 2. The second-order valence-electron chi connectivity index (χ2n) is 8.23. The van der Waals surface area contributed by atoms with Gasteiger partial charge in [-0.1, -0.05) is 42.8 Å². The van der Waals surface area contributed by atoms with E-state index in [2.05, 4.69) is 10.5 Å². The number of sulfonamides is 1. The Balaban J connectivity index is 1.40. The summed E-state index contributed by atoms with van der Waals surface area (Å²) in [6, 6.07) is 13.5. The normalized spacial score (nSPS) is 17.6. The van der Waals surface area contributed by atoms with E-state index in [9.17, 15) is 18.0 Å². The Hall–Kier alpha value is -3.24. The van der Waals surface area contributed by atoms with Gasteiger partial charge in [0, 0.05) is 30.9 Å². The number of piperidine rings is 1. The molecular formula is C24H28N4O5S. The van der Waals surface area contributed by atoms with E-state index in [1.807, 2.05) is 25.1 Å². The molecule has 4 rings (SSSR count). The van der Waals surface area contributed by atoms with Gasteiger partial charge >= 0.3 is 0 Å². The third-order valence-corrected chi connectivity index (χ3v) is 7.66. The summed E-state index contributed by atoms with van der Waals surface area (Å²) in [4.78, 5) is 32.1. The van der Waals surface area contributed by atoms with Crippen LogP contribution in [0.25, 0.3) is 0 Å². The lowest BCUT2D eigenvalue weighted by molar-refractivity contribution is -0.121. The molecule has 0 radical (unpaired) electrons. The maximum atomic E-state index is 12.9. The molecule has 1 N–H and O–H groups in total. The van der Waals surface area contributed by atoms with Gasteiger partial charge in [-0.2, -0.15) is 4.31 Å². The minimum atomic E-state index is -3.61. The van der Waals surface area contributed by atoms with Crippen molar-refractivity contribution < 1.29 is 22.8 Å². The van der Waals surface area contributed by atoms with E-state index in [0.717, 1.165) is 31.4 Å². The summed E-state index contributed by atoms with van der Waals surface area (Å²) in [6.45, 7) is 3.13. The molecule has 2 aliphatic heterocycles. The van der Waals surface area contributed by atoms with E-state index in [1.54, 1.807) is 23.1 Å². The highest BCUT2D eigenvalue weighted by atomic mass is 32.2. The second kappa shape index (κ2) is 10.4. The third kappa shape index (κ3) is 4.97. The van der Waals surface area contributed by atoms with Gasteiger partial charge in [0.2, 0.25) is 10.0 Å². The third-order valence-electron chi connectivity index (χ3n) is 5.77. The van der Waals surface area contributed by atoms with Crippen LogP contribution in [0.4, 0.5) is 11.4 Å². The zero-order valence-electron chi connectivity index (χ0n) is 19.1. The van der Waals surface area contributed by atoms with Crippen molar-refractivity contribution in [3.05, 3.63) is 54.1 Å². The molecule has 0 aliphatic carbocycles. The molecular weight excluding hydrogens is 456 g/mol. The Morgan fingerprint density at radius 2 is 1.85 bits per heavy atom. The van der Waals surface area contributed by atoms with Crippen LogP contribution in [0.5, 0.6) is 0 Å². The van der Waals surface area contributed by atoms with E-state index in [-0.39, 0.29) is 16.5 Å². The second-order valence-corrected chi connectivity index (χ2v) is 10.2. The molecule has 0 spiro atoms. The van der Waals surface area contributed by atoms with Gasteiger partial charge in [-0.3, -0.25) is 9.59 Å². The quantitative estimate of drug-likeness (QED) is 0.580. The van der Waals surface area contributed by atoms with Crippen LogP contribution in [-0.2, 0) is 24.4 Å². The van der Waals surface area contributed by atoms with E-state index in [1.165, 1.54) is 16.4 Å². The number of nitrogens with zero attached hydrogens (tertiary/aromatic N) is 3. The summed E-state index contributed by atoms with van der Waals surface area (Å²) < 4.78 is 27.2. The molecule has 0 bridgehead atoms. The van der Waals surface area contributed by atoms with Crippen molar-refractivity contribution in [3.8, 4) is 0 Å². The molecule has 2 amide bonds. The lowest BCUT2D eigenvalue weighted by Gasteiger charge is -2.26. The van der Waals surface area contributed by atoms with Gasteiger partial charge in [0.25, 0.3) is 11.8 Å². The highest BCUT2D eigenvalue weighted by molar-refractivity contribution is 7.89. The first-order valence-corrected chi connectivity index (χ1v) is 12.9. The van der Waals surface area contributed by atoms with Crippen LogP contribution in [0.15, 0.2) is 58.6 Å². The van der Waals surface area contributed by atoms with Crippen molar-refractivity contribution in [3.63, 3.8) is 0 Å². The molecule has 1 fully saturated rings. The summed E-state index contributed by atoms with van der Waals surface area (Å²) in [5, 5.41) is 6.57. The summed E-state index contributed by atoms with van der Waals surface area (Å²) in [6.07, 6.45) is 3.51. The first kappa shape index (κ1) is 23.9. The summed E-state index contributed by atoms with van der Waals surface area (Å²) in [5.41, 5.74) is 1.94. The highest BCUT2D eigenvalue weighted by Gasteiger charge is 2.33. The maximum Gasteiger partial charge on any atom is 0.281 e. The van der Waals surface area contributed by atoms with Gasteiger partial charge in [0.05, 0.1) is 10.6 Å². The first-order valence-electron chi connectivity index (χ1n) is 11.4. The van der Waals surface area contributed by atoms with Crippen molar-refractivity contribution >= 4 is 38.9 Å². The van der Waals surface area contributed by atoms with Crippen molar-refractivity contribution in [1.82, 2.24) is 4.31 Å². The number of oxime groups is 1. The van der Waals surface area contributed by atoms with Gasteiger partial charge in [-0.05, 0) is 43.5 Å². The first-order chi connectivity index (χ1) is 16.4. The van der Waals surface area contributed by atoms with Crippen LogP contribution in [0.3, 0.4) is 0 Å². The standard InChI is InChI=1S/C24H28N4O5S/c1-2-13-28-21-12-5-4-11-20(21)23(24(28)30)26-33-17-22(29)25-18-9-8-10-19(16-18)34(31,32)27-14-6-3-7-15-27/h4-5,8-12,16H,2-3,6-7,13-15,17H2,1H3,(H,25,29). The molecule has 0 atom stereocenters. The van der Waals surface area contributed by atoms with E-state index < -0.39 is 22.5 Å². The van der Waals surface area contributed by atoms with E-state index in [0.29, 0.717) is 30.9 Å². The average molecular weight is 485 g/mol. The number of hydrogen-bond donors (Lipinski definition) is 1. The molecule has 180 valence electrons. The number of carbonyl (C=O) groups excluding carboxylic acids is 2. The molecule has 2 heterocycles. The van der Waals surface area contributed by atoms with Crippen LogP contribution in [0, 0.1) is 0 Å². The lowest BCUT2D eigenvalue weighted by atomic mass is 10.1. The molecule has 0 unspecified atom stereocenters. The van der Waals surface area contributed by atoms with Gasteiger partial charge in [-0.25, -0.2) is 8.42 Å². The van der Waals surface area contributed by atoms with E-state index in [4.69, 9.17) is 4.84 Å². The fourth-order valence-corrected chi connectivity index (χ4v) is 5.70. The molecule has 2 aromatic carbocycles. The van der Waals surface area contributed by atoms with Crippen molar-refractivity contribution in [1.29, 1.82) is 0 Å². The summed E-state index contributed by atoms with van der Waals surface area (Å²) in [7, 11) is -3.61. The molecule has 1 saturated heterocycles. The monoisotopic (exact) mass is 484 g/mol. The number of anilines is 2. The summed E-state index contributed by atoms with van der Waals surface area (Å²) >= 11 is 0. The fourth-order valence-electron chi connectivity index (χ4n) is 4.14. The van der Waals surface area contributed by atoms with Crippen LogP contribution < -0.4 is 10.2 Å². The van der Waals surface area contributed by atoms with Crippen LogP contribution in [0.2, 0.25) is 0 Å². The predicted octanol–water partition coefficient (Wildman–Crippen LogP) is 2.98. The number of benzene rings is 2. The Labute approximate surface area is 199 Å². The minimum absolute atomic E-state index is 0.137. The molecule has 10 heteroatoms. The number of para-hydroxylation sites is 1. The summed E-state index contributed by atoms with van der Waals surface area (Å²) in [5.74, 6) is -0.778. The highest BCUT2D eigenvalue weighted by Crippen LogP contribution is 2.29. The minimum Gasteiger partial charge on any atom is -0.385 e. The lowest BCUT2D eigenvalue weighted by Crippen LogP contribution is -2.35. The van der Waals surface area contributed by atoms with Gasteiger partial charge in [0.15, 0.2) is 12.3 Å². The van der Waals surface area contributed by atoms with E-state index >= 15 is 0 Å². The number of amides is 2. The van der Waals surface area contributed by atoms with Crippen LogP contribution >= 0.6 is 0 Å². The zero-order valence-corrected chi connectivity index (χ0v) is 19.9. The molecule has 0 saturated carbocycles. The fraction of sp³-hybridized carbons (Fsp3) is 0.375. The zero-order chi connectivity index (χ0) is 24.1. The Bertz CT molecular complexity index is 1210. The van der Waals surface area contributed by atoms with Crippen molar-refractivity contribution in [2.24, 2.45) is 5.16 Å². The molecule has 2 aromatic rings. The molecule has 9 nitrogen and oxygen atoms in total. The Morgan fingerprint density at radius 1 is 1.09 bits per heavy atom. The number of nitrogens with one attached hydrogen (secondary N) is 1. The molecule has 34 heavy (non-hydrogen) atoms. The number of hydrogen-bond acceptors (Lipinski definition) is 6. The van der Waals surface area contributed by atoms with Gasteiger partial charge < -0.3 is 15.1 Å². The van der Waals surface area contributed by atoms with Crippen molar-refractivity contribution in [2.75, 3.05) is 36.5 Å². The Morgan fingerprint density at radius 3 is 2.62 bits per heavy atom. The van der Waals surface area contributed by atoms with Gasteiger partial charge in [-0.15, -0.1) is 0 Å². The largest absolute Gasteiger partial charge is 0.385 e.